The third kappa shape index (κ3) is 35.5. The first-order valence-corrected chi connectivity index (χ1v) is 4.04. The summed E-state index contributed by atoms with van der Waals surface area (Å²) in [4.78, 5) is 9.95. The maximum Gasteiger partial charge on any atom is 0.421 e. The molecule has 8 nitrogen and oxygen atoms in total. The van der Waals surface area contributed by atoms with Crippen LogP contribution in [0.5, 0.6) is 0 Å². The first-order valence-electron chi connectivity index (χ1n) is 2.64. The number of hydrogen-bond donors (Lipinski definition) is 4. The molecule has 0 saturated carbocycles. The lowest BCUT2D eigenvalue weighted by Gasteiger charge is -1.95. The zero-order valence-electron chi connectivity index (χ0n) is 6.22. The molecule has 0 unspecified atom stereocenters. The minimum Gasteiger partial charge on any atom is -0.449 e. The van der Waals surface area contributed by atoms with E-state index in [0.717, 1.165) is 0 Å². The zero-order chi connectivity index (χ0) is 10.2. The van der Waals surface area contributed by atoms with Gasteiger partial charge in [0, 0.05) is 0 Å². The van der Waals surface area contributed by atoms with Crippen molar-refractivity contribution in [2.45, 2.75) is 6.92 Å². The molecule has 0 aromatic rings. The lowest BCUT2D eigenvalue weighted by molar-refractivity contribution is 0.152. The quantitative estimate of drug-likeness (QED) is 0.184. The van der Waals surface area contributed by atoms with Gasteiger partial charge in [0.2, 0.25) is 0 Å². The second-order valence-electron chi connectivity index (χ2n) is 1.31. The molecule has 0 bridgehead atoms. The van der Waals surface area contributed by atoms with Crippen LogP contribution in [0.2, 0.25) is 0 Å². The van der Waals surface area contributed by atoms with Crippen molar-refractivity contribution < 1.29 is 27.1 Å². The van der Waals surface area contributed by atoms with Crippen LogP contribution in [0.25, 0.3) is 0 Å². The van der Waals surface area contributed by atoms with E-state index >= 15 is 0 Å². The highest BCUT2D eigenvalue weighted by Crippen LogP contribution is 1.69. The Balaban J connectivity index is 0. The lowest BCUT2D eigenvalue weighted by Crippen LogP contribution is -2.30. The molecule has 0 aliphatic rings. The fourth-order valence-corrected chi connectivity index (χ4v) is 0.173. The average molecular weight is 202 g/mol. The maximum atomic E-state index is 9.95. The molecule has 0 aliphatic carbocycles. The second-order valence-corrected chi connectivity index (χ2v) is 2.21. The third-order valence-corrected chi connectivity index (χ3v) is 0.393. The van der Waals surface area contributed by atoms with Gasteiger partial charge in [0.25, 0.3) is 0 Å². The van der Waals surface area contributed by atoms with Crippen LogP contribution < -0.4 is 11.3 Å². The van der Waals surface area contributed by atoms with E-state index in [1.807, 2.05) is 0 Å². The van der Waals surface area contributed by atoms with Gasteiger partial charge in [-0.2, -0.15) is 8.42 Å². The van der Waals surface area contributed by atoms with E-state index in [4.69, 9.17) is 17.5 Å². The normalized spacial score (nSPS) is 9.33. The SMILES string of the molecule is CCOC(=O)NN.O=S(=O)(O)O. The van der Waals surface area contributed by atoms with E-state index in [-0.39, 0.29) is 0 Å². The van der Waals surface area contributed by atoms with E-state index in [2.05, 4.69) is 10.6 Å². The van der Waals surface area contributed by atoms with Gasteiger partial charge < -0.3 is 4.74 Å². The Hall–Kier alpha value is -0.900. The number of carbonyl (C=O) groups is 1. The van der Waals surface area contributed by atoms with E-state index in [9.17, 15) is 4.79 Å². The largest absolute Gasteiger partial charge is 0.449 e. The van der Waals surface area contributed by atoms with Crippen LogP contribution >= 0.6 is 0 Å². The lowest BCUT2D eigenvalue weighted by atomic mass is 10.9. The number of hydrazine groups is 1. The highest BCUT2D eigenvalue weighted by molar-refractivity contribution is 7.79. The van der Waals surface area contributed by atoms with E-state index < -0.39 is 16.5 Å². The Bertz CT molecular complexity index is 203. The number of nitrogens with two attached hydrogens (primary N) is 1. The van der Waals surface area contributed by atoms with Gasteiger partial charge in [-0.1, -0.05) is 0 Å². The van der Waals surface area contributed by atoms with Crippen molar-refractivity contribution in [2.24, 2.45) is 5.84 Å². The van der Waals surface area contributed by atoms with Crippen molar-refractivity contribution in [2.75, 3.05) is 6.61 Å². The molecule has 0 saturated heterocycles. The second kappa shape index (κ2) is 6.79. The van der Waals surface area contributed by atoms with Crippen LogP contribution in [0.4, 0.5) is 4.79 Å². The minimum atomic E-state index is -4.67. The molecule has 0 aromatic heterocycles. The highest BCUT2D eigenvalue weighted by atomic mass is 32.3. The molecule has 0 rings (SSSR count). The number of ether oxygens (including phenoxy) is 1. The molecule has 0 heterocycles. The van der Waals surface area contributed by atoms with Crippen molar-refractivity contribution in [1.29, 1.82) is 0 Å². The van der Waals surface area contributed by atoms with Crippen molar-refractivity contribution in [3.05, 3.63) is 0 Å². The molecular weight excluding hydrogens is 192 g/mol. The Morgan fingerprint density at radius 3 is 2.00 bits per heavy atom. The zero-order valence-corrected chi connectivity index (χ0v) is 7.04. The van der Waals surface area contributed by atoms with Crippen LogP contribution in [0.3, 0.4) is 0 Å². The molecule has 0 radical (unpaired) electrons. The Labute approximate surface area is 69.2 Å². The minimum absolute atomic E-state index is 0.350. The molecule has 0 aliphatic heterocycles. The molecule has 1 amide bonds. The summed E-state index contributed by atoms with van der Waals surface area (Å²) in [5, 5.41) is 0. The van der Waals surface area contributed by atoms with Gasteiger partial charge >= 0.3 is 16.5 Å². The van der Waals surface area contributed by atoms with Crippen molar-refractivity contribution in [1.82, 2.24) is 5.43 Å². The molecule has 0 spiro atoms. The summed E-state index contributed by atoms with van der Waals surface area (Å²) >= 11 is 0. The molecule has 12 heavy (non-hydrogen) atoms. The summed E-state index contributed by atoms with van der Waals surface area (Å²) in [6.07, 6.45) is -0.595. The smallest absolute Gasteiger partial charge is 0.421 e. The number of hydrogen-bond acceptors (Lipinski definition) is 5. The molecule has 74 valence electrons. The summed E-state index contributed by atoms with van der Waals surface area (Å²) in [6, 6.07) is 0. The van der Waals surface area contributed by atoms with Gasteiger partial charge in [-0.25, -0.2) is 10.6 Å². The van der Waals surface area contributed by atoms with Gasteiger partial charge in [0.15, 0.2) is 0 Å². The van der Waals surface area contributed by atoms with Crippen molar-refractivity contribution in [3.63, 3.8) is 0 Å². The fourth-order valence-electron chi connectivity index (χ4n) is 0.173. The summed E-state index contributed by atoms with van der Waals surface area (Å²) < 4.78 is 35.9. The maximum absolute atomic E-state index is 9.95. The first-order chi connectivity index (χ1) is 5.31. The Kier molecular flexibility index (Phi) is 7.73. The average Bonchev–Trinajstić information content (AvgIpc) is 1.85. The molecule has 0 fully saturated rings. The monoisotopic (exact) mass is 202 g/mol. The van der Waals surface area contributed by atoms with Crippen LogP contribution in [-0.4, -0.2) is 30.2 Å². The predicted molar refractivity (Wildman–Crippen MR) is 38.5 cm³/mol. The number of rotatable bonds is 1. The number of amides is 1. The van der Waals surface area contributed by atoms with Crippen LogP contribution in [0, 0.1) is 0 Å². The topological polar surface area (TPSA) is 139 Å². The van der Waals surface area contributed by atoms with Gasteiger partial charge in [-0.05, 0) is 6.92 Å². The standard InChI is InChI=1S/C3H8N2O2.H2O4S/c1-2-7-3(6)5-4;1-5(2,3)4/h2,4H2,1H3,(H,5,6);(H2,1,2,3,4). The van der Waals surface area contributed by atoms with Crippen LogP contribution in [0.15, 0.2) is 0 Å². The predicted octanol–water partition coefficient (Wildman–Crippen LogP) is -1.05. The highest BCUT2D eigenvalue weighted by Gasteiger charge is 1.90. The Morgan fingerprint density at radius 2 is 1.92 bits per heavy atom. The van der Waals surface area contributed by atoms with Gasteiger partial charge in [0.05, 0.1) is 6.61 Å². The first kappa shape index (κ1) is 13.7. The third-order valence-electron chi connectivity index (χ3n) is 0.393. The summed E-state index contributed by atoms with van der Waals surface area (Å²) in [5.74, 6) is 4.63. The van der Waals surface area contributed by atoms with Crippen LogP contribution in [-0.2, 0) is 15.1 Å². The number of carbonyl (C=O) groups excluding carboxylic acids is 1. The summed E-state index contributed by atoms with van der Waals surface area (Å²) in [5.41, 5.74) is 1.80. The molecule has 5 N–H and O–H groups in total. The summed E-state index contributed by atoms with van der Waals surface area (Å²) in [7, 11) is -4.67. The Morgan fingerprint density at radius 1 is 1.58 bits per heavy atom. The van der Waals surface area contributed by atoms with E-state index in [0.29, 0.717) is 6.61 Å². The van der Waals surface area contributed by atoms with E-state index in [1.54, 1.807) is 12.3 Å². The van der Waals surface area contributed by atoms with Crippen molar-refractivity contribution >= 4 is 16.5 Å². The van der Waals surface area contributed by atoms with Gasteiger partial charge in [-0.15, -0.1) is 0 Å². The van der Waals surface area contributed by atoms with Gasteiger partial charge in [-0.3, -0.25) is 14.5 Å². The van der Waals surface area contributed by atoms with E-state index in [1.165, 1.54) is 0 Å². The fraction of sp³-hybridized carbons (Fsp3) is 0.667. The molecular formula is C3H10N2O6S. The summed E-state index contributed by atoms with van der Waals surface area (Å²) in [6.45, 7) is 2.05. The van der Waals surface area contributed by atoms with Crippen molar-refractivity contribution in [3.8, 4) is 0 Å². The number of nitrogens with one attached hydrogen (secondary N) is 1. The molecule has 0 aromatic carbocycles. The van der Waals surface area contributed by atoms with Gasteiger partial charge in [0.1, 0.15) is 0 Å². The van der Waals surface area contributed by atoms with Crippen LogP contribution in [0.1, 0.15) is 6.92 Å². The molecule has 9 heteroatoms. The molecule has 0 atom stereocenters.